The predicted molar refractivity (Wildman–Crippen MR) is 116 cm³/mol. The van der Waals surface area contributed by atoms with Gasteiger partial charge in [0.1, 0.15) is 16.5 Å². The van der Waals surface area contributed by atoms with E-state index in [1.807, 2.05) is 38.4 Å². The van der Waals surface area contributed by atoms with Crippen LogP contribution >= 0.6 is 11.3 Å². The summed E-state index contributed by atoms with van der Waals surface area (Å²) in [5, 5.41) is 4.03. The standard InChI is InChI=1S/C22H24F3N3O2S/c1-28(2)12-11-26-14-19-20(15-7-9-17(29-3)10-8-15)27-21(31-19)16-5-4-6-18(13-16)30-22(23,24)25/h4-10,13,26H,11-12,14H2,1-3H3. The third kappa shape index (κ3) is 6.68. The first-order valence-corrected chi connectivity index (χ1v) is 10.4. The van der Waals surface area contributed by atoms with Gasteiger partial charge < -0.3 is 19.7 Å². The Kier molecular flexibility index (Phi) is 7.53. The van der Waals surface area contributed by atoms with E-state index in [9.17, 15) is 13.2 Å². The molecule has 1 heterocycles. The van der Waals surface area contributed by atoms with E-state index in [1.54, 1.807) is 13.2 Å². The van der Waals surface area contributed by atoms with E-state index in [0.717, 1.165) is 35.0 Å². The average Bonchev–Trinajstić information content (AvgIpc) is 3.14. The molecule has 2 aromatic carbocycles. The molecular formula is C22H24F3N3O2S. The van der Waals surface area contributed by atoms with Gasteiger partial charge in [0.2, 0.25) is 0 Å². The summed E-state index contributed by atoms with van der Waals surface area (Å²) in [5.41, 5.74) is 2.28. The topological polar surface area (TPSA) is 46.6 Å². The normalized spacial score (nSPS) is 11.7. The van der Waals surface area contributed by atoms with Gasteiger partial charge in [0, 0.05) is 35.6 Å². The minimum atomic E-state index is -4.74. The lowest BCUT2D eigenvalue weighted by Gasteiger charge is -2.10. The zero-order valence-electron chi connectivity index (χ0n) is 17.5. The number of halogens is 3. The molecule has 0 unspecified atom stereocenters. The maximum absolute atomic E-state index is 12.6. The van der Waals surface area contributed by atoms with Crippen molar-refractivity contribution in [2.45, 2.75) is 12.9 Å². The van der Waals surface area contributed by atoms with Gasteiger partial charge in [0.05, 0.1) is 12.8 Å². The zero-order valence-corrected chi connectivity index (χ0v) is 18.3. The van der Waals surface area contributed by atoms with Gasteiger partial charge in [-0.1, -0.05) is 12.1 Å². The lowest BCUT2D eigenvalue weighted by Crippen LogP contribution is -2.26. The summed E-state index contributed by atoms with van der Waals surface area (Å²) < 4.78 is 47.1. The fourth-order valence-corrected chi connectivity index (χ4v) is 3.95. The number of alkyl halides is 3. The van der Waals surface area contributed by atoms with Gasteiger partial charge in [-0.15, -0.1) is 24.5 Å². The minimum Gasteiger partial charge on any atom is -0.497 e. The summed E-state index contributed by atoms with van der Waals surface area (Å²) in [7, 11) is 5.61. The molecule has 5 nitrogen and oxygen atoms in total. The Morgan fingerprint density at radius 3 is 2.42 bits per heavy atom. The highest BCUT2D eigenvalue weighted by Crippen LogP contribution is 2.36. The summed E-state index contributed by atoms with van der Waals surface area (Å²) in [4.78, 5) is 7.83. The van der Waals surface area contributed by atoms with Crippen LogP contribution in [0.2, 0.25) is 0 Å². The number of benzene rings is 2. The monoisotopic (exact) mass is 451 g/mol. The van der Waals surface area contributed by atoms with E-state index in [-0.39, 0.29) is 5.75 Å². The largest absolute Gasteiger partial charge is 0.573 e. The Balaban J connectivity index is 1.91. The number of ether oxygens (including phenoxy) is 2. The van der Waals surface area contributed by atoms with Crippen molar-refractivity contribution in [3.63, 3.8) is 0 Å². The minimum absolute atomic E-state index is 0.267. The van der Waals surface area contributed by atoms with Crippen LogP contribution in [0, 0.1) is 0 Å². The predicted octanol–water partition coefficient (Wildman–Crippen LogP) is 5.04. The van der Waals surface area contributed by atoms with Crippen LogP contribution in [0.15, 0.2) is 48.5 Å². The van der Waals surface area contributed by atoms with Crippen molar-refractivity contribution in [2.75, 3.05) is 34.3 Å². The van der Waals surface area contributed by atoms with Gasteiger partial charge in [0.25, 0.3) is 0 Å². The van der Waals surface area contributed by atoms with Gasteiger partial charge in [-0.25, -0.2) is 4.98 Å². The molecular weight excluding hydrogens is 427 g/mol. The molecule has 166 valence electrons. The van der Waals surface area contributed by atoms with Crippen LogP contribution in [-0.4, -0.2) is 50.5 Å². The fraction of sp³-hybridized carbons (Fsp3) is 0.318. The molecule has 3 rings (SSSR count). The Morgan fingerprint density at radius 2 is 1.77 bits per heavy atom. The van der Waals surface area contributed by atoms with E-state index in [1.165, 1.54) is 29.5 Å². The molecule has 0 spiro atoms. The Bertz CT molecular complexity index is 988. The number of methoxy groups -OCH3 is 1. The summed E-state index contributed by atoms with van der Waals surface area (Å²) in [5.74, 6) is 0.471. The molecule has 0 fully saturated rings. The molecule has 0 saturated heterocycles. The van der Waals surface area contributed by atoms with Crippen molar-refractivity contribution < 1.29 is 22.6 Å². The van der Waals surface area contributed by atoms with Crippen LogP contribution in [0.4, 0.5) is 13.2 Å². The van der Waals surface area contributed by atoms with Gasteiger partial charge in [-0.05, 0) is 50.5 Å². The molecule has 0 amide bonds. The highest BCUT2D eigenvalue weighted by molar-refractivity contribution is 7.15. The van der Waals surface area contributed by atoms with Crippen LogP contribution in [-0.2, 0) is 6.54 Å². The molecule has 31 heavy (non-hydrogen) atoms. The zero-order chi connectivity index (χ0) is 22.4. The molecule has 0 radical (unpaired) electrons. The number of nitrogens with zero attached hydrogens (tertiary/aromatic N) is 2. The number of likely N-dealkylation sites (N-methyl/N-ethyl adjacent to an activating group) is 1. The van der Waals surface area contributed by atoms with Gasteiger partial charge in [-0.2, -0.15) is 0 Å². The van der Waals surface area contributed by atoms with E-state index in [0.29, 0.717) is 17.1 Å². The quantitative estimate of drug-likeness (QED) is 0.462. The molecule has 0 atom stereocenters. The number of aromatic nitrogens is 1. The second-order valence-electron chi connectivity index (χ2n) is 7.07. The second-order valence-corrected chi connectivity index (χ2v) is 8.16. The summed E-state index contributed by atoms with van der Waals surface area (Å²) in [6.45, 7) is 2.29. The first-order valence-electron chi connectivity index (χ1n) is 9.61. The molecule has 0 saturated carbocycles. The third-order valence-electron chi connectivity index (χ3n) is 4.40. The average molecular weight is 452 g/mol. The Morgan fingerprint density at radius 1 is 1.03 bits per heavy atom. The van der Waals surface area contributed by atoms with Crippen molar-refractivity contribution in [2.24, 2.45) is 0 Å². The molecule has 0 bridgehead atoms. The highest BCUT2D eigenvalue weighted by atomic mass is 32.1. The van der Waals surface area contributed by atoms with Crippen molar-refractivity contribution >= 4 is 11.3 Å². The summed E-state index contributed by atoms with van der Waals surface area (Å²) in [6.07, 6.45) is -4.74. The molecule has 1 aromatic heterocycles. The van der Waals surface area contributed by atoms with E-state index in [4.69, 9.17) is 9.72 Å². The van der Waals surface area contributed by atoms with E-state index in [2.05, 4.69) is 15.0 Å². The third-order valence-corrected chi connectivity index (χ3v) is 5.50. The molecule has 1 N–H and O–H groups in total. The van der Waals surface area contributed by atoms with Crippen LogP contribution in [0.1, 0.15) is 4.88 Å². The number of hydrogen-bond donors (Lipinski definition) is 1. The fourth-order valence-electron chi connectivity index (χ4n) is 2.90. The van der Waals surface area contributed by atoms with Crippen LogP contribution < -0.4 is 14.8 Å². The molecule has 9 heteroatoms. The molecule has 3 aromatic rings. The number of hydrogen-bond acceptors (Lipinski definition) is 6. The Hall–Kier alpha value is -2.62. The van der Waals surface area contributed by atoms with Crippen molar-refractivity contribution in [1.82, 2.24) is 15.2 Å². The van der Waals surface area contributed by atoms with Crippen LogP contribution in [0.25, 0.3) is 21.8 Å². The van der Waals surface area contributed by atoms with Crippen LogP contribution in [0.3, 0.4) is 0 Å². The van der Waals surface area contributed by atoms with E-state index >= 15 is 0 Å². The second kappa shape index (κ2) is 10.1. The van der Waals surface area contributed by atoms with Crippen molar-refractivity contribution in [1.29, 1.82) is 0 Å². The van der Waals surface area contributed by atoms with Crippen molar-refractivity contribution in [3.8, 4) is 33.3 Å². The number of nitrogens with one attached hydrogen (secondary N) is 1. The van der Waals surface area contributed by atoms with Gasteiger partial charge in [0.15, 0.2) is 0 Å². The smallest absolute Gasteiger partial charge is 0.497 e. The van der Waals surface area contributed by atoms with Gasteiger partial charge >= 0.3 is 6.36 Å². The maximum Gasteiger partial charge on any atom is 0.573 e. The van der Waals surface area contributed by atoms with Crippen molar-refractivity contribution in [3.05, 3.63) is 53.4 Å². The lowest BCUT2D eigenvalue weighted by atomic mass is 10.1. The summed E-state index contributed by atoms with van der Waals surface area (Å²) in [6, 6.07) is 13.4. The first kappa shape index (κ1) is 23.1. The molecule has 0 aliphatic carbocycles. The first-order chi connectivity index (χ1) is 14.7. The SMILES string of the molecule is COc1ccc(-c2nc(-c3cccc(OC(F)(F)F)c3)sc2CNCCN(C)C)cc1. The van der Waals surface area contributed by atoms with Crippen LogP contribution in [0.5, 0.6) is 11.5 Å². The highest BCUT2D eigenvalue weighted by Gasteiger charge is 2.31. The lowest BCUT2D eigenvalue weighted by molar-refractivity contribution is -0.274. The maximum atomic E-state index is 12.6. The molecule has 0 aliphatic rings. The number of thiazole rings is 1. The summed E-state index contributed by atoms with van der Waals surface area (Å²) >= 11 is 1.45. The molecule has 0 aliphatic heterocycles. The van der Waals surface area contributed by atoms with Gasteiger partial charge in [-0.3, -0.25) is 0 Å². The number of rotatable bonds is 9. The van der Waals surface area contributed by atoms with E-state index < -0.39 is 6.36 Å². The Labute approximate surface area is 183 Å².